The van der Waals surface area contributed by atoms with Crippen molar-refractivity contribution in [3.63, 3.8) is 0 Å². The Labute approximate surface area is 119 Å². The van der Waals surface area contributed by atoms with Crippen molar-refractivity contribution in [1.29, 1.82) is 0 Å². The van der Waals surface area contributed by atoms with Crippen LogP contribution < -0.4 is 5.73 Å². The number of alkyl halides is 3. The molecule has 1 atom stereocenters. The van der Waals surface area contributed by atoms with Crippen molar-refractivity contribution < 1.29 is 13.2 Å². The summed E-state index contributed by atoms with van der Waals surface area (Å²) in [5.41, 5.74) is 5.72. The van der Waals surface area contributed by atoms with Crippen LogP contribution in [0.25, 0.3) is 11.3 Å². The van der Waals surface area contributed by atoms with Gasteiger partial charge in [0.25, 0.3) is 0 Å². The third kappa shape index (κ3) is 3.19. The van der Waals surface area contributed by atoms with Gasteiger partial charge < -0.3 is 5.73 Å². The fourth-order valence-corrected chi connectivity index (χ4v) is 2.83. The van der Waals surface area contributed by atoms with E-state index in [0.717, 1.165) is 18.9 Å². The number of benzene rings is 1. The molecular weight excluding hydrogens is 285 g/mol. The zero-order chi connectivity index (χ0) is 14.8. The molecule has 0 spiro atoms. The van der Waals surface area contributed by atoms with E-state index in [2.05, 4.69) is 4.98 Å². The van der Waals surface area contributed by atoms with Gasteiger partial charge in [0.2, 0.25) is 0 Å². The van der Waals surface area contributed by atoms with Crippen molar-refractivity contribution >= 4 is 11.3 Å². The highest BCUT2D eigenvalue weighted by Gasteiger charge is 2.33. The number of nitrogens with two attached hydrogens (primary N) is 1. The third-order valence-corrected chi connectivity index (χ3v) is 3.92. The van der Waals surface area contributed by atoms with Gasteiger partial charge in [0.15, 0.2) is 0 Å². The van der Waals surface area contributed by atoms with Gasteiger partial charge in [-0.15, -0.1) is 11.3 Å². The van der Waals surface area contributed by atoms with Gasteiger partial charge >= 0.3 is 6.18 Å². The topological polar surface area (TPSA) is 38.9 Å². The van der Waals surface area contributed by atoms with E-state index >= 15 is 0 Å². The van der Waals surface area contributed by atoms with E-state index in [0.29, 0.717) is 10.7 Å². The second-order valence-corrected chi connectivity index (χ2v) is 5.40. The molecule has 2 aromatic rings. The summed E-state index contributed by atoms with van der Waals surface area (Å²) in [6.45, 7) is 2.01. The van der Waals surface area contributed by atoms with Crippen LogP contribution in [0.2, 0.25) is 0 Å². The second kappa shape index (κ2) is 5.93. The molecule has 20 heavy (non-hydrogen) atoms. The first-order valence-electron chi connectivity index (χ1n) is 6.31. The average molecular weight is 300 g/mol. The highest BCUT2D eigenvalue weighted by molar-refractivity contribution is 7.10. The van der Waals surface area contributed by atoms with Crippen LogP contribution in [-0.2, 0) is 6.18 Å². The fraction of sp³-hybridized carbons (Fsp3) is 0.357. The number of hydrogen-bond donors (Lipinski definition) is 1. The van der Waals surface area contributed by atoms with Gasteiger partial charge in [0.1, 0.15) is 5.01 Å². The van der Waals surface area contributed by atoms with Crippen molar-refractivity contribution in [1.82, 2.24) is 4.98 Å². The molecule has 0 saturated heterocycles. The van der Waals surface area contributed by atoms with Crippen molar-refractivity contribution in [3.8, 4) is 11.3 Å². The van der Waals surface area contributed by atoms with Crippen molar-refractivity contribution in [2.75, 3.05) is 0 Å². The molecule has 2 rings (SSSR count). The minimum Gasteiger partial charge on any atom is -0.322 e. The summed E-state index contributed by atoms with van der Waals surface area (Å²) in [5, 5.41) is 2.31. The summed E-state index contributed by atoms with van der Waals surface area (Å²) in [4.78, 5) is 4.27. The Hall–Kier alpha value is -1.40. The van der Waals surface area contributed by atoms with Crippen molar-refractivity contribution in [2.24, 2.45) is 5.73 Å². The molecule has 0 amide bonds. The maximum atomic E-state index is 13.0. The normalized spacial score (nSPS) is 13.4. The highest BCUT2D eigenvalue weighted by Crippen LogP contribution is 2.37. The molecule has 0 saturated carbocycles. The first-order valence-corrected chi connectivity index (χ1v) is 7.19. The molecule has 0 aliphatic rings. The van der Waals surface area contributed by atoms with Gasteiger partial charge in [0, 0.05) is 10.9 Å². The summed E-state index contributed by atoms with van der Waals surface area (Å²) in [6, 6.07) is 5.25. The zero-order valence-electron chi connectivity index (χ0n) is 10.9. The summed E-state index contributed by atoms with van der Waals surface area (Å²) < 4.78 is 38.9. The first kappa shape index (κ1) is 15.0. The van der Waals surface area contributed by atoms with Crippen LogP contribution in [-0.4, -0.2) is 4.98 Å². The third-order valence-electron chi connectivity index (χ3n) is 2.95. The van der Waals surface area contributed by atoms with Crippen LogP contribution in [0.15, 0.2) is 29.6 Å². The van der Waals surface area contributed by atoms with Gasteiger partial charge in [-0.3, -0.25) is 0 Å². The number of aromatic nitrogens is 1. The standard InChI is InChI=1S/C14H15F3N2S/c1-2-5-11(18)13-19-12(8-20-13)9-6-3-4-7-10(9)14(15,16)17/h3-4,6-8,11H,2,5,18H2,1H3. The van der Waals surface area contributed by atoms with E-state index in [1.165, 1.54) is 23.5 Å². The first-order chi connectivity index (χ1) is 9.43. The van der Waals surface area contributed by atoms with Gasteiger partial charge in [-0.2, -0.15) is 13.2 Å². The summed E-state index contributed by atoms with van der Waals surface area (Å²) in [5.74, 6) is 0. The van der Waals surface area contributed by atoms with Gasteiger partial charge in [-0.05, 0) is 12.5 Å². The highest BCUT2D eigenvalue weighted by atomic mass is 32.1. The van der Waals surface area contributed by atoms with Crippen LogP contribution >= 0.6 is 11.3 Å². The quantitative estimate of drug-likeness (QED) is 0.894. The van der Waals surface area contributed by atoms with Gasteiger partial charge in [-0.1, -0.05) is 31.5 Å². The Morgan fingerprint density at radius 2 is 2.00 bits per heavy atom. The minimum atomic E-state index is -4.38. The lowest BCUT2D eigenvalue weighted by Gasteiger charge is -2.11. The Morgan fingerprint density at radius 1 is 1.30 bits per heavy atom. The lowest BCUT2D eigenvalue weighted by molar-refractivity contribution is -0.137. The summed E-state index contributed by atoms with van der Waals surface area (Å²) in [6.07, 6.45) is -2.70. The van der Waals surface area contributed by atoms with E-state index in [4.69, 9.17) is 5.73 Å². The van der Waals surface area contributed by atoms with Crippen LogP contribution in [0.5, 0.6) is 0 Å². The Kier molecular flexibility index (Phi) is 4.45. The molecular formula is C14H15F3N2S. The summed E-state index contributed by atoms with van der Waals surface area (Å²) >= 11 is 1.31. The molecule has 0 aliphatic carbocycles. The van der Waals surface area contributed by atoms with Crippen LogP contribution in [0.1, 0.15) is 36.4 Å². The molecule has 0 radical (unpaired) electrons. The molecule has 0 bridgehead atoms. The van der Waals surface area contributed by atoms with Crippen LogP contribution in [0, 0.1) is 0 Å². The lowest BCUT2D eigenvalue weighted by atomic mass is 10.1. The Balaban J connectivity index is 2.38. The molecule has 0 fully saturated rings. The zero-order valence-corrected chi connectivity index (χ0v) is 11.8. The largest absolute Gasteiger partial charge is 0.417 e. The smallest absolute Gasteiger partial charge is 0.322 e. The lowest BCUT2D eigenvalue weighted by Crippen LogP contribution is -2.09. The molecule has 108 valence electrons. The maximum absolute atomic E-state index is 13.0. The average Bonchev–Trinajstić information content (AvgIpc) is 2.87. The van der Waals surface area contributed by atoms with Gasteiger partial charge in [0.05, 0.1) is 17.3 Å². The Morgan fingerprint density at radius 3 is 2.65 bits per heavy atom. The molecule has 1 unspecified atom stereocenters. The van der Waals surface area contributed by atoms with Gasteiger partial charge in [-0.25, -0.2) is 4.98 Å². The van der Waals surface area contributed by atoms with E-state index in [1.807, 2.05) is 6.92 Å². The predicted molar refractivity (Wildman–Crippen MR) is 74.4 cm³/mol. The van der Waals surface area contributed by atoms with Crippen LogP contribution in [0.3, 0.4) is 0 Å². The number of halogens is 3. The minimum absolute atomic E-state index is 0.103. The maximum Gasteiger partial charge on any atom is 0.417 e. The molecule has 1 heterocycles. The molecule has 1 aromatic carbocycles. The van der Waals surface area contributed by atoms with E-state index in [-0.39, 0.29) is 11.6 Å². The summed E-state index contributed by atoms with van der Waals surface area (Å²) in [7, 11) is 0. The Bertz CT molecular complexity index is 578. The molecule has 2 N–H and O–H groups in total. The fourth-order valence-electron chi connectivity index (χ4n) is 1.97. The number of rotatable bonds is 4. The predicted octanol–water partition coefficient (Wildman–Crippen LogP) is 4.63. The molecule has 0 aliphatic heterocycles. The SMILES string of the molecule is CCCC(N)c1nc(-c2ccccc2C(F)(F)F)cs1. The van der Waals surface area contributed by atoms with Crippen molar-refractivity contribution in [2.45, 2.75) is 32.0 Å². The van der Waals surface area contributed by atoms with E-state index < -0.39 is 11.7 Å². The van der Waals surface area contributed by atoms with Crippen LogP contribution in [0.4, 0.5) is 13.2 Å². The van der Waals surface area contributed by atoms with E-state index in [1.54, 1.807) is 11.4 Å². The molecule has 6 heteroatoms. The second-order valence-electron chi connectivity index (χ2n) is 4.51. The molecule has 2 nitrogen and oxygen atoms in total. The number of thiazole rings is 1. The monoisotopic (exact) mass is 300 g/mol. The molecule has 1 aromatic heterocycles. The number of hydrogen-bond acceptors (Lipinski definition) is 3. The number of nitrogens with zero attached hydrogens (tertiary/aromatic N) is 1. The van der Waals surface area contributed by atoms with Crippen molar-refractivity contribution in [3.05, 3.63) is 40.2 Å². The van der Waals surface area contributed by atoms with E-state index in [9.17, 15) is 13.2 Å².